The highest BCUT2D eigenvalue weighted by Gasteiger charge is 2.29. The lowest BCUT2D eigenvalue weighted by Crippen LogP contribution is -2.23. The first kappa shape index (κ1) is 11.9. The summed E-state index contributed by atoms with van der Waals surface area (Å²) in [5.74, 6) is 0.394. The third kappa shape index (κ3) is 2.58. The normalized spacial score (nSPS) is 21.1. The minimum atomic E-state index is -0.491. The van der Waals surface area contributed by atoms with Crippen LogP contribution in [0.15, 0.2) is 18.2 Å². The number of aryl methyl sites for hydroxylation is 1. The highest BCUT2D eigenvalue weighted by Crippen LogP contribution is 2.27. The number of nitrogens with two attached hydrogens (primary N) is 1. The first-order chi connectivity index (χ1) is 8.08. The summed E-state index contributed by atoms with van der Waals surface area (Å²) in [4.78, 5) is 11.4. The van der Waals surface area contributed by atoms with Crippen LogP contribution in [0.25, 0.3) is 0 Å². The van der Waals surface area contributed by atoms with E-state index in [9.17, 15) is 4.79 Å². The van der Waals surface area contributed by atoms with Gasteiger partial charge in [-0.1, -0.05) is 12.1 Å². The molecular formula is C13H17NO3. The van der Waals surface area contributed by atoms with E-state index in [0.29, 0.717) is 18.8 Å². The second kappa shape index (κ2) is 4.75. The Balaban J connectivity index is 2.24. The zero-order valence-corrected chi connectivity index (χ0v) is 10.1. The molecule has 92 valence electrons. The van der Waals surface area contributed by atoms with Crippen LogP contribution >= 0.6 is 0 Å². The summed E-state index contributed by atoms with van der Waals surface area (Å²) in [5.41, 5.74) is 7.87. The number of carbonyl (C=O) groups is 1. The lowest BCUT2D eigenvalue weighted by atomic mass is 10.1. The van der Waals surface area contributed by atoms with Crippen molar-refractivity contribution in [3.8, 4) is 5.75 Å². The van der Waals surface area contributed by atoms with Crippen molar-refractivity contribution in [3.05, 3.63) is 29.3 Å². The molecule has 1 aliphatic rings. The minimum absolute atomic E-state index is 0.122. The highest BCUT2D eigenvalue weighted by molar-refractivity contribution is 5.76. The van der Waals surface area contributed by atoms with Crippen molar-refractivity contribution in [1.29, 1.82) is 0 Å². The molecule has 1 heterocycles. The number of esters is 1. The molecule has 0 spiro atoms. The van der Waals surface area contributed by atoms with Gasteiger partial charge >= 0.3 is 5.97 Å². The molecule has 1 aliphatic heterocycles. The fourth-order valence-electron chi connectivity index (χ4n) is 1.86. The number of cyclic esters (lactones) is 1. The van der Waals surface area contributed by atoms with E-state index in [1.54, 1.807) is 0 Å². The molecule has 0 radical (unpaired) electrons. The molecule has 1 aromatic rings. The van der Waals surface area contributed by atoms with Gasteiger partial charge in [0.2, 0.25) is 0 Å². The Kier molecular flexibility index (Phi) is 3.33. The lowest BCUT2D eigenvalue weighted by Gasteiger charge is -2.16. The van der Waals surface area contributed by atoms with Crippen molar-refractivity contribution in [2.24, 2.45) is 5.73 Å². The molecule has 2 N–H and O–H groups in total. The summed E-state index contributed by atoms with van der Waals surface area (Å²) < 4.78 is 10.6. The predicted octanol–water partition coefficient (Wildman–Crippen LogP) is 1.71. The monoisotopic (exact) mass is 235 g/mol. The summed E-state index contributed by atoms with van der Waals surface area (Å²) in [6, 6.07) is 5.71. The van der Waals surface area contributed by atoms with E-state index in [4.69, 9.17) is 15.2 Å². The summed E-state index contributed by atoms with van der Waals surface area (Å²) in [6.45, 7) is 4.30. The second-order valence-electron chi connectivity index (χ2n) is 4.39. The number of benzene rings is 1. The first-order valence-electron chi connectivity index (χ1n) is 5.77. The quantitative estimate of drug-likeness (QED) is 0.810. The largest absolute Gasteiger partial charge is 0.478 e. The number of carbonyl (C=O) groups excluding carboxylic acids is 1. The topological polar surface area (TPSA) is 61.6 Å². The van der Waals surface area contributed by atoms with Crippen molar-refractivity contribution in [2.45, 2.75) is 32.4 Å². The molecule has 4 nitrogen and oxygen atoms in total. The maximum absolute atomic E-state index is 11.4. The van der Waals surface area contributed by atoms with E-state index >= 15 is 0 Å². The third-order valence-electron chi connectivity index (χ3n) is 2.82. The van der Waals surface area contributed by atoms with Gasteiger partial charge in [-0.2, -0.15) is 0 Å². The number of hydrogen-bond donors (Lipinski definition) is 1. The van der Waals surface area contributed by atoms with Crippen molar-refractivity contribution in [2.75, 3.05) is 6.61 Å². The molecule has 0 bridgehead atoms. The van der Waals surface area contributed by atoms with E-state index in [-0.39, 0.29) is 12.0 Å². The van der Waals surface area contributed by atoms with Crippen LogP contribution in [0.3, 0.4) is 0 Å². The molecule has 1 saturated heterocycles. The van der Waals surface area contributed by atoms with Gasteiger partial charge in [0.1, 0.15) is 5.75 Å². The fraction of sp³-hybridized carbons (Fsp3) is 0.462. The maximum Gasteiger partial charge on any atom is 0.347 e. The summed E-state index contributed by atoms with van der Waals surface area (Å²) in [5, 5.41) is 0. The minimum Gasteiger partial charge on any atom is -0.478 e. The number of rotatable bonds is 3. The van der Waals surface area contributed by atoms with Crippen molar-refractivity contribution >= 4 is 5.97 Å². The second-order valence-corrected chi connectivity index (χ2v) is 4.39. The summed E-state index contributed by atoms with van der Waals surface area (Å²) in [7, 11) is 0. The standard InChI is InChI=1S/C13H17NO3/c1-8-3-4-10(9(2)14)12(7-8)17-11-5-6-16-13(11)15/h3-4,7,9,11H,5-6,14H2,1-2H3/t9-,11?/m0/s1. The Hall–Kier alpha value is -1.55. The Morgan fingerprint density at radius 1 is 1.53 bits per heavy atom. The molecule has 1 unspecified atom stereocenters. The van der Waals surface area contributed by atoms with Crippen LogP contribution in [0.4, 0.5) is 0 Å². The highest BCUT2D eigenvalue weighted by atomic mass is 16.6. The van der Waals surface area contributed by atoms with Gasteiger partial charge in [-0.05, 0) is 25.5 Å². The molecule has 0 amide bonds. The van der Waals surface area contributed by atoms with Gasteiger partial charge in [0.05, 0.1) is 6.61 Å². The third-order valence-corrected chi connectivity index (χ3v) is 2.82. The van der Waals surface area contributed by atoms with E-state index in [1.807, 2.05) is 32.0 Å². The molecule has 2 atom stereocenters. The van der Waals surface area contributed by atoms with Crippen LogP contribution in [-0.2, 0) is 9.53 Å². The Morgan fingerprint density at radius 3 is 2.88 bits per heavy atom. The zero-order chi connectivity index (χ0) is 12.4. The lowest BCUT2D eigenvalue weighted by molar-refractivity contribution is -0.143. The average Bonchev–Trinajstić information content (AvgIpc) is 2.64. The van der Waals surface area contributed by atoms with Gasteiger partial charge in [0, 0.05) is 18.0 Å². The smallest absolute Gasteiger partial charge is 0.347 e. The van der Waals surface area contributed by atoms with Crippen LogP contribution in [0.2, 0.25) is 0 Å². The fourth-order valence-corrected chi connectivity index (χ4v) is 1.86. The summed E-state index contributed by atoms with van der Waals surface area (Å²) >= 11 is 0. The van der Waals surface area contributed by atoms with Gasteiger partial charge in [-0.3, -0.25) is 0 Å². The average molecular weight is 235 g/mol. The molecule has 1 fully saturated rings. The van der Waals surface area contributed by atoms with Crippen molar-refractivity contribution in [3.63, 3.8) is 0 Å². The zero-order valence-electron chi connectivity index (χ0n) is 10.1. The van der Waals surface area contributed by atoms with Crippen LogP contribution in [0.5, 0.6) is 5.75 Å². The van der Waals surface area contributed by atoms with Crippen molar-refractivity contribution < 1.29 is 14.3 Å². The summed E-state index contributed by atoms with van der Waals surface area (Å²) in [6.07, 6.45) is 0.111. The predicted molar refractivity (Wildman–Crippen MR) is 63.8 cm³/mol. The molecule has 0 saturated carbocycles. The maximum atomic E-state index is 11.4. The molecule has 1 aromatic carbocycles. The molecule has 0 aliphatic carbocycles. The molecule has 2 rings (SSSR count). The van der Waals surface area contributed by atoms with E-state index < -0.39 is 6.10 Å². The van der Waals surface area contributed by atoms with Gasteiger partial charge in [0.25, 0.3) is 0 Å². The van der Waals surface area contributed by atoms with Crippen LogP contribution in [0, 0.1) is 6.92 Å². The van der Waals surface area contributed by atoms with Crippen LogP contribution in [-0.4, -0.2) is 18.7 Å². The Morgan fingerprint density at radius 2 is 2.29 bits per heavy atom. The van der Waals surface area contributed by atoms with E-state index in [2.05, 4.69) is 0 Å². The van der Waals surface area contributed by atoms with Crippen LogP contribution in [0.1, 0.15) is 30.5 Å². The first-order valence-corrected chi connectivity index (χ1v) is 5.77. The molecule has 4 heteroatoms. The Bertz CT molecular complexity index is 429. The van der Waals surface area contributed by atoms with Gasteiger partial charge in [0.15, 0.2) is 6.10 Å². The van der Waals surface area contributed by atoms with E-state index in [0.717, 1.165) is 11.1 Å². The van der Waals surface area contributed by atoms with Gasteiger partial charge < -0.3 is 15.2 Å². The number of ether oxygens (including phenoxy) is 2. The molecule has 0 aromatic heterocycles. The van der Waals surface area contributed by atoms with Gasteiger partial charge in [-0.25, -0.2) is 4.79 Å². The SMILES string of the molecule is Cc1ccc([C@H](C)N)c(OC2CCOC2=O)c1. The van der Waals surface area contributed by atoms with Crippen molar-refractivity contribution in [1.82, 2.24) is 0 Å². The number of hydrogen-bond acceptors (Lipinski definition) is 4. The molecule has 17 heavy (non-hydrogen) atoms. The van der Waals surface area contributed by atoms with Gasteiger partial charge in [-0.15, -0.1) is 0 Å². The Labute approximate surface area is 101 Å². The van der Waals surface area contributed by atoms with Crippen LogP contribution < -0.4 is 10.5 Å². The molecular weight excluding hydrogens is 218 g/mol. The van der Waals surface area contributed by atoms with E-state index in [1.165, 1.54) is 0 Å².